The minimum absolute atomic E-state index is 0.0845. The second-order valence-corrected chi connectivity index (χ2v) is 14.2. The fourth-order valence-corrected chi connectivity index (χ4v) is 6.73. The lowest BCUT2D eigenvalue weighted by Crippen LogP contribution is -2.41. The maximum atomic E-state index is 13.0. The van der Waals surface area contributed by atoms with Crippen LogP contribution in [0.25, 0.3) is 28.0 Å². The summed E-state index contributed by atoms with van der Waals surface area (Å²) in [5, 5.41) is 2.42. The molecule has 1 atom stereocenters. The molecule has 2 fully saturated rings. The molecule has 6 nitrogen and oxygen atoms in total. The summed E-state index contributed by atoms with van der Waals surface area (Å²) in [5.41, 5.74) is 7.04. The highest BCUT2D eigenvalue weighted by atomic mass is 16.7. The predicted molar refractivity (Wildman–Crippen MR) is 167 cm³/mol. The average Bonchev–Trinajstić information content (AvgIpc) is 3.62. The van der Waals surface area contributed by atoms with E-state index in [9.17, 15) is 4.79 Å². The molecule has 3 aliphatic heterocycles. The van der Waals surface area contributed by atoms with E-state index in [4.69, 9.17) is 18.8 Å². The van der Waals surface area contributed by atoms with Gasteiger partial charge in [0.1, 0.15) is 18.0 Å². The van der Waals surface area contributed by atoms with Gasteiger partial charge in [-0.05, 0) is 124 Å². The third-order valence-electron chi connectivity index (χ3n) is 9.63. The maximum Gasteiger partial charge on any atom is 0.494 e. The zero-order chi connectivity index (χ0) is 29.6. The van der Waals surface area contributed by atoms with Gasteiger partial charge in [-0.25, -0.2) is 4.79 Å². The van der Waals surface area contributed by atoms with Gasteiger partial charge in [-0.1, -0.05) is 36.4 Å². The summed E-state index contributed by atoms with van der Waals surface area (Å²) in [6.45, 7) is 15.3. The van der Waals surface area contributed by atoms with Crippen LogP contribution in [0, 0.1) is 0 Å². The summed E-state index contributed by atoms with van der Waals surface area (Å²) >= 11 is 0. The van der Waals surface area contributed by atoms with Crippen LogP contribution in [0.4, 0.5) is 4.79 Å². The van der Waals surface area contributed by atoms with E-state index in [-0.39, 0.29) is 23.3 Å². The number of hydrogen-bond donors (Lipinski definition) is 0. The number of fused-ring (bicyclic) bond motifs is 6. The van der Waals surface area contributed by atoms with Crippen LogP contribution < -0.4 is 10.2 Å². The van der Waals surface area contributed by atoms with Crippen molar-refractivity contribution in [2.45, 2.75) is 97.2 Å². The molecule has 3 aromatic rings. The van der Waals surface area contributed by atoms with Crippen molar-refractivity contribution in [3.8, 4) is 16.9 Å². The number of carbonyl (C=O) groups is 1. The molecule has 2 saturated heterocycles. The summed E-state index contributed by atoms with van der Waals surface area (Å²) in [6, 6.07) is 15.5. The summed E-state index contributed by atoms with van der Waals surface area (Å²) in [6.07, 6.45) is 4.88. The van der Waals surface area contributed by atoms with Gasteiger partial charge in [-0.3, -0.25) is 0 Å². The first-order chi connectivity index (χ1) is 19.8. The van der Waals surface area contributed by atoms with Crippen molar-refractivity contribution in [3.63, 3.8) is 0 Å². The highest BCUT2D eigenvalue weighted by Gasteiger charge is 2.51. The van der Waals surface area contributed by atoms with E-state index >= 15 is 0 Å². The fourth-order valence-electron chi connectivity index (χ4n) is 6.73. The van der Waals surface area contributed by atoms with Crippen LogP contribution in [0.1, 0.15) is 78.0 Å². The molecular weight excluding hydrogens is 525 g/mol. The van der Waals surface area contributed by atoms with Gasteiger partial charge in [0, 0.05) is 12.1 Å². The van der Waals surface area contributed by atoms with Gasteiger partial charge in [0.15, 0.2) is 0 Å². The van der Waals surface area contributed by atoms with Crippen LogP contribution in [0.15, 0.2) is 48.0 Å². The van der Waals surface area contributed by atoms with Crippen molar-refractivity contribution in [1.82, 2.24) is 4.90 Å². The van der Waals surface area contributed by atoms with Crippen LogP contribution in [-0.4, -0.2) is 47.5 Å². The number of amides is 1. The zero-order valence-corrected chi connectivity index (χ0v) is 25.8. The lowest BCUT2D eigenvalue weighted by atomic mass is 9.77. The lowest BCUT2D eigenvalue weighted by Gasteiger charge is -2.32. The standard InChI is InChI=1S/C35H40BNO5/c1-33(2,3)40-32(38)37-14-8-9-30(37)23-15-21-10-11-22-17-29-26-13-12-25(36-41-34(4,5)35(6,7)42-36)16-24(26)20-39-31(29)19-28(22)27(21)18-23/h10-13,15-17,19,30H,8-9,14,18,20H2,1-7H3/t30-/m0/s1. The highest BCUT2D eigenvalue weighted by molar-refractivity contribution is 6.62. The van der Waals surface area contributed by atoms with Crippen molar-refractivity contribution in [1.29, 1.82) is 0 Å². The second kappa shape index (κ2) is 9.36. The van der Waals surface area contributed by atoms with E-state index in [0.717, 1.165) is 48.1 Å². The molecule has 7 rings (SSSR count). The number of carbonyl (C=O) groups excluding carboxylic acids is 1. The average molecular weight is 566 g/mol. The number of nitrogens with zero attached hydrogens (tertiary/aromatic N) is 1. The molecule has 0 bridgehead atoms. The summed E-state index contributed by atoms with van der Waals surface area (Å²) < 4.78 is 24.7. The minimum atomic E-state index is -0.501. The Morgan fingerprint density at radius 2 is 1.76 bits per heavy atom. The molecule has 0 saturated carbocycles. The van der Waals surface area contributed by atoms with E-state index in [1.807, 2.05) is 25.7 Å². The SMILES string of the molecule is CC(C)(C)OC(=O)N1CCC[C@H]1C1=Cc2ccc3cc4c(cc3c2C1)OCc1cc(B2OC(C)(C)C(C)(C)O2)ccc1-4. The second-order valence-electron chi connectivity index (χ2n) is 14.2. The van der Waals surface area contributed by atoms with Crippen LogP contribution in [0.5, 0.6) is 5.75 Å². The first-order valence-corrected chi connectivity index (χ1v) is 15.2. The van der Waals surface area contributed by atoms with E-state index in [0.29, 0.717) is 6.61 Å². The van der Waals surface area contributed by atoms with Crippen molar-refractivity contribution < 1.29 is 23.6 Å². The molecule has 1 aliphatic carbocycles. The molecule has 3 heterocycles. The Bertz CT molecular complexity index is 1630. The van der Waals surface area contributed by atoms with Gasteiger partial charge in [0.05, 0.1) is 17.2 Å². The molecule has 7 heteroatoms. The van der Waals surface area contributed by atoms with Crippen molar-refractivity contribution in [2.75, 3.05) is 6.54 Å². The summed E-state index contributed by atoms with van der Waals surface area (Å²) in [7, 11) is -0.395. The third kappa shape index (κ3) is 4.53. The number of rotatable bonds is 2. The topological polar surface area (TPSA) is 57.2 Å². The maximum absolute atomic E-state index is 13.0. The van der Waals surface area contributed by atoms with Gasteiger partial charge in [-0.15, -0.1) is 0 Å². The van der Waals surface area contributed by atoms with Crippen LogP contribution >= 0.6 is 0 Å². The van der Waals surface area contributed by atoms with Crippen molar-refractivity contribution >= 4 is 35.5 Å². The van der Waals surface area contributed by atoms with E-state index < -0.39 is 12.7 Å². The normalized spacial score (nSPS) is 22.0. The molecule has 0 spiro atoms. The van der Waals surface area contributed by atoms with Crippen molar-refractivity contribution in [2.24, 2.45) is 0 Å². The van der Waals surface area contributed by atoms with Crippen molar-refractivity contribution in [3.05, 3.63) is 64.7 Å². The Kier molecular flexibility index (Phi) is 6.14. The molecule has 4 aliphatic rings. The largest absolute Gasteiger partial charge is 0.494 e. The Labute approximate surface area is 249 Å². The fraction of sp³-hybridized carbons (Fsp3) is 0.457. The number of ether oxygens (including phenoxy) is 2. The van der Waals surface area contributed by atoms with Gasteiger partial charge in [-0.2, -0.15) is 0 Å². The molecular formula is C35H40BNO5. The Morgan fingerprint density at radius 1 is 1.00 bits per heavy atom. The lowest BCUT2D eigenvalue weighted by molar-refractivity contribution is 0.00578. The van der Waals surface area contributed by atoms with Crippen LogP contribution in [0.2, 0.25) is 0 Å². The van der Waals surface area contributed by atoms with Crippen LogP contribution in [-0.2, 0) is 27.1 Å². The van der Waals surface area contributed by atoms with Crippen LogP contribution in [0.3, 0.4) is 0 Å². The van der Waals surface area contributed by atoms with Gasteiger partial charge >= 0.3 is 13.2 Å². The molecule has 3 aromatic carbocycles. The minimum Gasteiger partial charge on any atom is -0.488 e. The van der Waals surface area contributed by atoms with Gasteiger partial charge < -0.3 is 23.7 Å². The first-order valence-electron chi connectivity index (χ1n) is 15.2. The van der Waals surface area contributed by atoms with Gasteiger partial charge in [0.25, 0.3) is 0 Å². The van der Waals surface area contributed by atoms with E-state index in [2.05, 4.69) is 76.2 Å². The molecule has 0 N–H and O–H groups in total. The predicted octanol–water partition coefficient (Wildman–Crippen LogP) is 7.04. The molecule has 42 heavy (non-hydrogen) atoms. The third-order valence-corrected chi connectivity index (χ3v) is 9.63. The molecule has 0 radical (unpaired) electrons. The number of hydrogen-bond acceptors (Lipinski definition) is 5. The van der Waals surface area contributed by atoms with E-state index in [1.165, 1.54) is 33.0 Å². The summed E-state index contributed by atoms with van der Waals surface area (Å²) in [4.78, 5) is 14.9. The van der Waals surface area contributed by atoms with E-state index in [1.54, 1.807) is 0 Å². The Hall–Kier alpha value is -3.29. The molecule has 0 aromatic heterocycles. The Balaban J connectivity index is 1.16. The summed E-state index contributed by atoms with van der Waals surface area (Å²) in [5.74, 6) is 0.913. The molecule has 0 unspecified atom stereocenters. The highest BCUT2D eigenvalue weighted by Crippen LogP contribution is 2.44. The first kappa shape index (κ1) is 27.5. The molecule has 218 valence electrons. The van der Waals surface area contributed by atoms with Gasteiger partial charge in [0.2, 0.25) is 0 Å². The monoisotopic (exact) mass is 565 g/mol. The Morgan fingerprint density at radius 3 is 2.50 bits per heavy atom. The number of benzene rings is 3. The zero-order valence-electron chi connectivity index (χ0n) is 25.8. The molecule has 1 amide bonds. The quantitative estimate of drug-likeness (QED) is 0.312. The smallest absolute Gasteiger partial charge is 0.488 e. The number of likely N-dealkylation sites (tertiary alicyclic amines) is 1.